The van der Waals surface area contributed by atoms with Crippen LogP contribution in [0.5, 0.6) is 0 Å². The molecule has 1 aromatic rings. The Bertz CT molecular complexity index is 549. The molecule has 0 heterocycles. The second-order valence-corrected chi connectivity index (χ2v) is 5.60. The van der Waals surface area contributed by atoms with E-state index in [0.717, 1.165) is 0 Å². The van der Waals surface area contributed by atoms with E-state index >= 15 is 0 Å². The third-order valence-electron chi connectivity index (χ3n) is 1.92. The van der Waals surface area contributed by atoms with Crippen LogP contribution >= 0.6 is 11.6 Å². The molecule has 1 aromatic carbocycles. The van der Waals surface area contributed by atoms with Gasteiger partial charge in [0.1, 0.15) is 4.90 Å². The number of aliphatic hydroxyl groups excluding tert-OH is 1. The highest BCUT2D eigenvalue weighted by Gasteiger charge is 2.18. The maximum absolute atomic E-state index is 11.8. The number of nitriles is 1. The van der Waals surface area contributed by atoms with Crippen LogP contribution in [-0.4, -0.2) is 26.2 Å². The molecule has 1 rings (SSSR count). The largest absolute Gasteiger partial charge is 0.392 e. The highest BCUT2D eigenvalue weighted by atomic mass is 35.5. The number of nitrogens with one attached hydrogen (secondary N) is 1. The summed E-state index contributed by atoms with van der Waals surface area (Å²) in [5.41, 5.74) is 0.282. The van der Waals surface area contributed by atoms with Crippen molar-refractivity contribution < 1.29 is 13.5 Å². The van der Waals surface area contributed by atoms with Crippen LogP contribution in [0.1, 0.15) is 12.5 Å². The lowest BCUT2D eigenvalue weighted by Gasteiger charge is -2.09. The summed E-state index contributed by atoms with van der Waals surface area (Å²) in [6.45, 7) is 1.36. The van der Waals surface area contributed by atoms with Crippen LogP contribution in [0.3, 0.4) is 0 Å². The maximum Gasteiger partial charge on any atom is 0.242 e. The van der Waals surface area contributed by atoms with Gasteiger partial charge in [0.2, 0.25) is 10.0 Å². The van der Waals surface area contributed by atoms with Crippen LogP contribution in [0.25, 0.3) is 0 Å². The number of sulfonamides is 1. The van der Waals surface area contributed by atoms with E-state index in [1.165, 1.54) is 25.1 Å². The number of hydrogen-bond acceptors (Lipinski definition) is 4. The first-order valence-electron chi connectivity index (χ1n) is 4.74. The van der Waals surface area contributed by atoms with Gasteiger partial charge in [0.15, 0.2) is 0 Å². The van der Waals surface area contributed by atoms with Crippen LogP contribution in [0, 0.1) is 11.3 Å². The van der Waals surface area contributed by atoms with Crippen molar-refractivity contribution in [2.75, 3.05) is 6.54 Å². The van der Waals surface area contributed by atoms with Crippen molar-refractivity contribution in [3.63, 3.8) is 0 Å². The number of aliphatic hydroxyl groups is 1. The minimum absolute atomic E-state index is 0.0258. The molecule has 0 bridgehead atoms. The molecule has 0 spiro atoms. The molecule has 0 aliphatic heterocycles. The van der Waals surface area contributed by atoms with Gasteiger partial charge in [-0.15, -0.1) is 0 Å². The predicted octanol–water partition coefficient (Wildman–Crippen LogP) is 0.871. The maximum atomic E-state index is 11.8. The van der Waals surface area contributed by atoms with Crippen molar-refractivity contribution in [2.45, 2.75) is 17.9 Å². The van der Waals surface area contributed by atoms with E-state index in [9.17, 15) is 8.42 Å². The van der Waals surface area contributed by atoms with E-state index in [2.05, 4.69) is 4.72 Å². The smallest absolute Gasteiger partial charge is 0.242 e. The van der Waals surface area contributed by atoms with Crippen LogP contribution < -0.4 is 4.72 Å². The Balaban J connectivity index is 3.04. The molecule has 92 valence electrons. The fourth-order valence-electron chi connectivity index (χ4n) is 1.10. The summed E-state index contributed by atoms with van der Waals surface area (Å²) in [4.78, 5) is -0.112. The Morgan fingerprint density at radius 3 is 2.71 bits per heavy atom. The third-order valence-corrected chi connectivity index (χ3v) is 3.83. The van der Waals surface area contributed by atoms with Gasteiger partial charge >= 0.3 is 0 Å². The number of benzene rings is 1. The number of hydrogen-bond donors (Lipinski definition) is 2. The first-order chi connectivity index (χ1) is 7.86. The van der Waals surface area contributed by atoms with Crippen LogP contribution in [-0.2, 0) is 10.0 Å². The number of halogens is 1. The van der Waals surface area contributed by atoms with Gasteiger partial charge in [-0.2, -0.15) is 5.26 Å². The molecule has 2 N–H and O–H groups in total. The van der Waals surface area contributed by atoms with Crippen LogP contribution in [0.2, 0.25) is 5.02 Å². The molecule has 0 saturated heterocycles. The van der Waals surface area contributed by atoms with Crippen molar-refractivity contribution in [1.29, 1.82) is 5.26 Å². The minimum Gasteiger partial charge on any atom is -0.392 e. The van der Waals surface area contributed by atoms with Gasteiger partial charge < -0.3 is 5.11 Å². The van der Waals surface area contributed by atoms with Gasteiger partial charge in [-0.05, 0) is 25.1 Å². The van der Waals surface area contributed by atoms with E-state index in [1.54, 1.807) is 0 Å². The molecule has 0 saturated carbocycles. The average molecular weight is 275 g/mol. The summed E-state index contributed by atoms with van der Waals surface area (Å²) in [7, 11) is -3.76. The first-order valence-corrected chi connectivity index (χ1v) is 6.60. The Morgan fingerprint density at radius 2 is 2.24 bits per heavy atom. The van der Waals surface area contributed by atoms with E-state index in [1.807, 2.05) is 6.07 Å². The van der Waals surface area contributed by atoms with Crippen molar-refractivity contribution in [1.82, 2.24) is 4.72 Å². The quantitative estimate of drug-likeness (QED) is 0.852. The number of nitrogens with zero attached hydrogens (tertiary/aromatic N) is 1. The summed E-state index contributed by atoms with van der Waals surface area (Å²) in [5.74, 6) is 0. The monoisotopic (exact) mass is 274 g/mol. The molecular formula is C10H11ClN2O3S. The summed E-state index contributed by atoms with van der Waals surface area (Å²) in [6, 6.07) is 5.75. The second kappa shape index (κ2) is 5.47. The average Bonchev–Trinajstić information content (AvgIpc) is 2.26. The summed E-state index contributed by atoms with van der Waals surface area (Å²) >= 11 is 5.78. The third kappa shape index (κ3) is 3.68. The highest BCUT2D eigenvalue weighted by Crippen LogP contribution is 2.22. The van der Waals surface area contributed by atoms with E-state index < -0.39 is 16.1 Å². The van der Waals surface area contributed by atoms with Crippen molar-refractivity contribution in [2.24, 2.45) is 0 Å². The Kier molecular flexibility index (Phi) is 4.48. The van der Waals surface area contributed by atoms with Gasteiger partial charge in [0, 0.05) is 6.54 Å². The van der Waals surface area contributed by atoms with Crippen LogP contribution in [0.4, 0.5) is 0 Å². The molecule has 17 heavy (non-hydrogen) atoms. The molecule has 0 amide bonds. The fraction of sp³-hybridized carbons (Fsp3) is 0.300. The van der Waals surface area contributed by atoms with Crippen LogP contribution in [0.15, 0.2) is 23.1 Å². The first kappa shape index (κ1) is 13.9. The second-order valence-electron chi connectivity index (χ2n) is 3.46. The molecule has 7 heteroatoms. The molecule has 0 aliphatic carbocycles. The molecule has 0 radical (unpaired) electrons. The lowest BCUT2D eigenvalue weighted by atomic mass is 10.2. The standard InChI is InChI=1S/C10H11ClN2O3S/c1-7(14)6-13-17(15,16)10-3-2-8(5-12)4-9(10)11/h2-4,7,13-14H,6H2,1H3/t7-/m1/s1. The molecule has 0 fully saturated rings. The Labute approximate surface area is 105 Å². The predicted molar refractivity (Wildman–Crippen MR) is 63.0 cm³/mol. The summed E-state index contributed by atoms with van der Waals surface area (Å²) in [5, 5.41) is 17.6. The van der Waals surface area contributed by atoms with E-state index in [4.69, 9.17) is 22.0 Å². The van der Waals surface area contributed by atoms with Gasteiger partial charge in [0.25, 0.3) is 0 Å². The van der Waals surface area contributed by atoms with Crippen molar-refractivity contribution in [3.05, 3.63) is 28.8 Å². The minimum atomic E-state index is -3.76. The molecule has 0 aromatic heterocycles. The van der Waals surface area contributed by atoms with Crippen molar-refractivity contribution >= 4 is 21.6 Å². The van der Waals surface area contributed by atoms with Gasteiger partial charge in [-0.3, -0.25) is 0 Å². The molecule has 1 atom stereocenters. The zero-order valence-electron chi connectivity index (χ0n) is 9.01. The van der Waals surface area contributed by atoms with Crippen molar-refractivity contribution in [3.8, 4) is 6.07 Å². The zero-order chi connectivity index (χ0) is 13.1. The lowest BCUT2D eigenvalue weighted by molar-refractivity contribution is 0.198. The molecule has 0 aliphatic rings. The summed E-state index contributed by atoms with van der Waals surface area (Å²) < 4.78 is 25.7. The SMILES string of the molecule is C[C@@H](O)CNS(=O)(=O)c1ccc(C#N)cc1Cl. The number of rotatable bonds is 4. The Hall–Kier alpha value is -1.13. The molecule has 0 unspecified atom stereocenters. The molecule has 5 nitrogen and oxygen atoms in total. The van der Waals surface area contributed by atoms with E-state index in [0.29, 0.717) is 0 Å². The fourth-order valence-corrected chi connectivity index (χ4v) is 2.76. The van der Waals surface area contributed by atoms with Gasteiger partial charge in [-0.25, -0.2) is 13.1 Å². The summed E-state index contributed by atoms with van der Waals surface area (Å²) in [6.07, 6.45) is -0.790. The molecular weight excluding hydrogens is 264 g/mol. The normalized spacial score (nSPS) is 13.1. The topological polar surface area (TPSA) is 90.2 Å². The Morgan fingerprint density at radius 1 is 1.59 bits per heavy atom. The van der Waals surface area contributed by atoms with Gasteiger partial charge in [0.05, 0.1) is 22.8 Å². The van der Waals surface area contributed by atoms with E-state index in [-0.39, 0.29) is 22.0 Å². The highest BCUT2D eigenvalue weighted by molar-refractivity contribution is 7.89. The lowest BCUT2D eigenvalue weighted by Crippen LogP contribution is -2.30. The zero-order valence-corrected chi connectivity index (χ0v) is 10.6. The van der Waals surface area contributed by atoms with Gasteiger partial charge in [-0.1, -0.05) is 11.6 Å².